The van der Waals surface area contributed by atoms with E-state index < -0.39 is 43.9 Å². The van der Waals surface area contributed by atoms with Crippen LogP contribution in [0.5, 0.6) is 0 Å². The zero-order chi connectivity index (χ0) is 25.5. The van der Waals surface area contributed by atoms with Gasteiger partial charge in [0.15, 0.2) is 8.32 Å². The van der Waals surface area contributed by atoms with Gasteiger partial charge in [0.25, 0.3) is 0 Å². The van der Waals surface area contributed by atoms with Crippen molar-refractivity contribution in [2.24, 2.45) is 0 Å². The lowest BCUT2D eigenvalue weighted by atomic mass is 10.1. The molecule has 0 heterocycles. The number of amides is 2. The molecule has 2 amide bonds. The van der Waals surface area contributed by atoms with Crippen LogP contribution >= 0.6 is 0 Å². The molecule has 0 aliphatic rings. The molecule has 0 rings (SSSR count). The van der Waals surface area contributed by atoms with Crippen molar-refractivity contribution >= 4 is 20.5 Å². The fourth-order valence-corrected chi connectivity index (χ4v) is 3.32. The molecule has 2 atom stereocenters. The molecule has 8 heteroatoms. The zero-order valence-electron chi connectivity index (χ0n) is 22.0. The average Bonchev–Trinajstić information content (AvgIpc) is 2.55. The van der Waals surface area contributed by atoms with Gasteiger partial charge in [-0.3, -0.25) is 0 Å². The van der Waals surface area contributed by atoms with E-state index in [1.54, 1.807) is 47.6 Å². The van der Waals surface area contributed by atoms with Crippen molar-refractivity contribution in [3.8, 4) is 0 Å². The normalized spacial score (nSPS) is 14.8. The standard InChI is InChI=1S/C24H45NO6Si/c1-14-16-28-19(17-29-32(12,13)24(9,10)11)18(15-2)25(20(26)30-22(3,4)5)21(27)31-23(6,7)8/h14-15,18-19H,1-2,16-17H2,3-13H3/t18-,19+/m0/s1. The van der Waals surface area contributed by atoms with Gasteiger partial charge in [0, 0.05) is 0 Å². The van der Waals surface area contributed by atoms with Crippen LogP contribution in [0.25, 0.3) is 0 Å². The molecule has 0 saturated heterocycles. The molecule has 0 aromatic heterocycles. The summed E-state index contributed by atoms with van der Waals surface area (Å²) in [7, 11) is -2.12. The largest absolute Gasteiger partial charge is 0.443 e. The molecule has 0 aliphatic heterocycles. The maximum Gasteiger partial charge on any atom is 0.420 e. The van der Waals surface area contributed by atoms with Gasteiger partial charge in [0.05, 0.1) is 19.3 Å². The summed E-state index contributed by atoms with van der Waals surface area (Å²) in [5.41, 5.74) is -1.61. The van der Waals surface area contributed by atoms with Crippen LogP contribution in [-0.4, -0.2) is 62.0 Å². The van der Waals surface area contributed by atoms with Crippen LogP contribution in [0.3, 0.4) is 0 Å². The van der Waals surface area contributed by atoms with Gasteiger partial charge in [-0.15, -0.1) is 13.2 Å². The summed E-state index contributed by atoms with van der Waals surface area (Å²) in [6, 6.07) is -0.871. The minimum Gasteiger partial charge on any atom is -0.443 e. The number of rotatable bonds is 9. The molecule has 186 valence electrons. The van der Waals surface area contributed by atoms with Gasteiger partial charge < -0.3 is 18.6 Å². The van der Waals surface area contributed by atoms with Crippen molar-refractivity contribution in [1.29, 1.82) is 0 Å². The van der Waals surface area contributed by atoms with Crippen LogP contribution in [0.4, 0.5) is 9.59 Å². The second kappa shape index (κ2) is 11.5. The molecular formula is C24H45NO6Si. The van der Waals surface area contributed by atoms with Gasteiger partial charge in [0.2, 0.25) is 0 Å². The Hall–Kier alpha value is -1.64. The van der Waals surface area contributed by atoms with Crippen LogP contribution in [0.2, 0.25) is 18.1 Å². The highest BCUT2D eigenvalue weighted by molar-refractivity contribution is 6.74. The Balaban J connectivity index is 6.12. The SMILES string of the molecule is C=CCO[C@H](CO[Si](C)(C)C(C)(C)C)[C@H](C=C)N(C(=O)OC(C)(C)C)C(=O)OC(C)(C)C. The van der Waals surface area contributed by atoms with Crippen molar-refractivity contribution in [1.82, 2.24) is 4.90 Å². The van der Waals surface area contributed by atoms with E-state index in [0.717, 1.165) is 4.90 Å². The monoisotopic (exact) mass is 471 g/mol. The third-order valence-electron chi connectivity index (χ3n) is 4.94. The number of imide groups is 1. The third-order valence-corrected chi connectivity index (χ3v) is 9.44. The minimum absolute atomic E-state index is 0.0182. The van der Waals surface area contributed by atoms with Crippen LogP contribution in [0, 0.1) is 0 Å². The Morgan fingerprint density at radius 1 is 0.906 bits per heavy atom. The average molecular weight is 472 g/mol. The summed E-state index contributed by atoms with van der Waals surface area (Å²) >= 11 is 0. The first-order chi connectivity index (χ1) is 14.3. The van der Waals surface area contributed by atoms with Crippen molar-refractivity contribution in [3.05, 3.63) is 25.3 Å². The highest BCUT2D eigenvalue weighted by Crippen LogP contribution is 2.37. The van der Waals surface area contributed by atoms with Gasteiger partial charge in [-0.1, -0.05) is 32.9 Å². The molecule has 32 heavy (non-hydrogen) atoms. The number of ether oxygens (including phenoxy) is 3. The summed E-state index contributed by atoms with van der Waals surface area (Å²) in [5, 5.41) is -0.0182. The third kappa shape index (κ3) is 10.3. The van der Waals surface area contributed by atoms with Gasteiger partial charge in [-0.25, -0.2) is 14.5 Å². The molecule has 0 aliphatic carbocycles. The lowest BCUT2D eigenvalue weighted by Crippen LogP contribution is -2.55. The first-order valence-electron chi connectivity index (χ1n) is 11.0. The predicted molar refractivity (Wildman–Crippen MR) is 131 cm³/mol. The Kier molecular flexibility index (Phi) is 10.9. The van der Waals surface area contributed by atoms with Gasteiger partial charge in [-0.2, -0.15) is 0 Å². The fraction of sp³-hybridized carbons (Fsp3) is 0.750. The Bertz CT molecular complexity index is 627. The van der Waals surface area contributed by atoms with E-state index in [2.05, 4.69) is 47.0 Å². The molecule has 0 fully saturated rings. The summed E-state index contributed by atoms with van der Waals surface area (Å²) in [5.74, 6) is 0. The number of hydrogen-bond donors (Lipinski definition) is 0. The van der Waals surface area contributed by atoms with Crippen LogP contribution in [0.15, 0.2) is 25.3 Å². The van der Waals surface area contributed by atoms with Crippen molar-refractivity contribution < 1.29 is 28.2 Å². The summed E-state index contributed by atoms with van der Waals surface area (Å²) in [6.07, 6.45) is 0.730. The number of carbonyl (C=O) groups is 2. The fourth-order valence-electron chi connectivity index (χ4n) is 2.31. The number of hydrogen-bond acceptors (Lipinski definition) is 6. The van der Waals surface area contributed by atoms with Gasteiger partial charge >= 0.3 is 12.2 Å². The molecule has 0 N–H and O–H groups in total. The van der Waals surface area contributed by atoms with Crippen molar-refractivity contribution in [3.63, 3.8) is 0 Å². The topological polar surface area (TPSA) is 74.3 Å². The summed E-state index contributed by atoms with van der Waals surface area (Å²) < 4.78 is 23.3. The molecule has 0 bridgehead atoms. The molecule has 0 saturated carbocycles. The predicted octanol–water partition coefficient (Wildman–Crippen LogP) is 6.31. The van der Waals surface area contributed by atoms with E-state index in [0.29, 0.717) is 0 Å². The second-order valence-electron chi connectivity index (χ2n) is 11.3. The molecule has 0 aromatic carbocycles. The summed E-state index contributed by atoms with van der Waals surface area (Å²) in [4.78, 5) is 27.1. The number of carbonyl (C=O) groups excluding carboxylic acids is 2. The molecule has 0 aromatic rings. The Labute approximate surface area is 196 Å². The lowest BCUT2D eigenvalue weighted by molar-refractivity contribution is -0.0389. The van der Waals surface area contributed by atoms with Gasteiger partial charge in [-0.05, 0) is 59.7 Å². The molecule has 0 unspecified atom stereocenters. The van der Waals surface area contributed by atoms with Crippen molar-refractivity contribution in [2.45, 2.75) is 104 Å². The van der Waals surface area contributed by atoms with Crippen LogP contribution in [-0.2, 0) is 18.6 Å². The second-order valence-corrected chi connectivity index (χ2v) is 16.1. The molecular weight excluding hydrogens is 426 g/mol. The highest BCUT2D eigenvalue weighted by Gasteiger charge is 2.42. The highest BCUT2D eigenvalue weighted by atomic mass is 28.4. The van der Waals surface area contributed by atoms with E-state index in [9.17, 15) is 9.59 Å². The Morgan fingerprint density at radius 3 is 1.66 bits per heavy atom. The number of nitrogens with zero attached hydrogens (tertiary/aromatic N) is 1. The first kappa shape index (κ1) is 30.4. The molecule has 0 spiro atoms. The first-order valence-corrected chi connectivity index (χ1v) is 13.9. The molecule has 0 radical (unpaired) electrons. The van der Waals surface area contributed by atoms with Crippen LogP contribution in [0.1, 0.15) is 62.3 Å². The Morgan fingerprint density at radius 2 is 1.34 bits per heavy atom. The van der Waals surface area contributed by atoms with E-state index in [1.165, 1.54) is 6.08 Å². The van der Waals surface area contributed by atoms with Crippen LogP contribution < -0.4 is 0 Å². The molecule has 7 nitrogen and oxygen atoms in total. The van der Waals surface area contributed by atoms with E-state index in [-0.39, 0.29) is 18.3 Å². The van der Waals surface area contributed by atoms with E-state index in [4.69, 9.17) is 18.6 Å². The maximum atomic E-state index is 13.1. The quantitative estimate of drug-likeness (QED) is 0.290. The van der Waals surface area contributed by atoms with Gasteiger partial charge in [0.1, 0.15) is 17.3 Å². The van der Waals surface area contributed by atoms with E-state index >= 15 is 0 Å². The summed E-state index contributed by atoms with van der Waals surface area (Å²) in [6.45, 7) is 29.0. The smallest absolute Gasteiger partial charge is 0.420 e. The maximum absolute atomic E-state index is 13.1. The lowest BCUT2D eigenvalue weighted by Gasteiger charge is -2.39. The minimum atomic E-state index is -2.12. The zero-order valence-corrected chi connectivity index (χ0v) is 23.0. The van der Waals surface area contributed by atoms with E-state index in [1.807, 2.05) is 0 Å². The van der Waals surface area contributed by atoms with Crippen molar-refractivity contribution in [2.75, 3.05) is 13.2 Å².